The quantitative estimate of drug-likeness (QED) is 0.772. The Balaban J connectivity index is 2.35. The van der Waals surface area contributed by atoms with Crippen molar-refractivity contribution in [2.45, 2.75) is 39.3 Å². The zero-order valence-corrected chi connectivity index (χ0v) is 10.9. The third-order valence-electron chi connectivity index (χ3n) is 3.23. The van der Waals surface area contributed by atoms with Gasteiger partial charge in [0.15, 0.2) is 0 Å². The minimum atomic E-state index is -4.28. The van der Waals surface area contributed by atoms with Gasteiger partial charge in [0.2, 0.25) is 0 Å². The maximum Gasteiger partial charge on any atom is 0.418 e. The molecule has 1 aromatic rings. The fraction of sp³-hybridized carbons (Fsp3) is 0.571. The van der Waals surface area contributed by atoms with Gasteiger partial charge in [-0.3, -0.25) is 0 Å². The average Bonchev–Trinajstić information content (AvgIpc) is 2.57. The van der Waals surface area contributed by atoms with Gasteiger partial charge >= 0.3 is 6.18 Å². The van der Waals surface area contributed by atoms with Crippen molar-refractivity contribution >= 4 is 5.69 Å². The molecule has 1 heterocycles. The van der Waals surface area contributed by atoms with Gasteiger partial charge < -0.3 is 5.32 Å². The number of hydrogen-bond acceptors (Lipinski definition) is 1. The van der Waals surface area contributed by atoms with Gasteiger partial charge in [-0.1, -0.05) is 32.9 Å². The van der Waals surface area contributed by atoms with E-state index in [2.05, 4.69) is 26.1 Å². The fourth-order valence-electron chi connectivity index (χ4n) is 2.60. The van der Waals surface area contributed by atoms with Crippen LogP contribution in [0.3, 0.4) is 0 Å². The Bertz CT molecular complexity index is 443. The average molecular weight is 257 g/mol. The molecule has 0 amide bonds. The summed E-state index contributed by atoms with van der Waals surface area (Å²) >= 11 is 0. The molecule has 0 radical (unpaired) electrons. The highest BCUT2D eigenvalue weighted by Crippen LogP contribution is 2.44. The molecule has 1 aromatic carbocycles. The number of rotatable bonds is 1. The number of hydrogen-bond donors (Lipinski definition) is 1. The molecule has 4 heteroatoms. The monoisotopic (exact) mass is 257 g/mol. The maximum absolute atomic E-state index is 12.9. The zero-order chi connectivity index (χ0) is 13.6. The van der Waals surface area contributed by atoms with Gasteiger partial charge in [0.05, 0.1) is 5.56 Å². The number of nitrogens with one attached hydrogen (secondary N) is 1. The first-order chi connectivity index (χ1) is 8.18. The lowest BCUT2D eigenvalue weighted by Gasteiger charge is -2.23. The minimum absolute atomic E-state index is 0.113. The lowest BCUT2D eigenvalue weighted by Crippen LogP contribution is -2.13. The van der Waals surface area contributed by atoms with Crippen LogP contribution in [0.25, 0.3) is 0 Å². The van der Waals surface area contributed by atoms with Crippen molar-refractivity contribution in [1.29, 1.82) is 0 Å². The largest absolute Gasteiger partial charge is 0.418 e. The summed E-state index contributed by atoms with van der Waals surface area (Å²) in [6.07, 6.45) is -3.40. The summed E-state index contributed by atoms with van der Waals surface area (Å²) in [7, 11) is 0. The van der Waals surface area contributed by atoms with Crippen molar-refractivity contribution in [2.75, 3.05) is 11.9 Å². The molecule has 1 nitrogen and oxygen atoms in total. The highest BCUT2D eigenvalue weighted by atomic mass is 19.4. The molecule has 2 rings (SSSR count). The topological polar surface area (TPSA) is 12.0 Å². The van der Waals surface area contributed by atoms with E-state index < -0.39 is 11.7 Å². The van der Waals surface area contributed by atoms with Gasteiger partial charge in [-0.2, -0.15) is 13.2 Å². The van der Waals surface area contributed by atoms with Crippen LogP contribution in [-0.4, -0.2) is 6.54 Å². The Hall–Kier alpha value is -1.19. The van der Waals surface area contributed by atoms with Crippen LogP contribution in [0, 0.1) is 5.41 Å². The summed E-state index contributed by atoms with van der Waals surface area (Å²) in [6, 6.07) is 4.45. The smallest absolute Gasteiger partial charge is 0.384 e. The Morgan fingerprint density at radius 2 is 1.89 bits per heavy atom. The van der Waals surface area contributed by atoms with E-state index >= 15 is 0 Å². The number of benzene rings is 1. The van der Waals surface area contributed by atoms with E-state index in [-0.39, 0.29) is 17.0 Å². The summed E-state index contributed by atoms with van der Waals surface area (Å²) in [5, 5.41) is 2.93. The molecular formula is C14H18F3N. The van der Waals surface area contributed by atoms with Crippen molar-refractivity contribution in [3.8, 4) is 0 Å². The van der Waals surface area contributed by atoms with E-state index in [0.29, 0.717) is 6.54 Å². The molecule has 1 unspecified atom stereocenters. The van der Waals surface area contributed by atoms with Crippen LogP contribution >= 0.6 is 0 Å². The summed E-state index contributed by atoms with van der Waals surface area (Å²) in [5.74, 6) is 0.169. The van der Waals surface area contributed by atoms with E-state index in [0.717, 1.165) is 18.1 Å². The minimum Gasteiger partial charge on any atom is -0.384 e. The van der Waals surface area contributed by atoms with Gasteiger partial charge in [0.25, 0.3) is 0 Å². The molecule has 0 fully saturated rings. The second-order valence-corrected chi connectivity index (χ2v) is 6.11. The molecule has 0 spiro atoms. The molecule has 0 saturated heterocycles. The summed E-state index contributed by atoms with van der Waals surface area (Å²) < 4.78 is 38.6. The van der Waals surface area contributed by atoms with Gasteiger partial charge in [-0.25, -0.2) is 0 Å². The first-order valence-electron chi connectivity index (χ1n) is 6.12. The predicted molar refractivity (Wildman–Crippen MR) is 66.7 cm³/mol. The van der Waals surface area contributed by atoms with Crippen LogP contribution in [0.5, 0.6) is 0 Å². The second kappa shape index (κ2) is 4.18. The molecule has 0 aliphatic carbocycles. The number of fused-ring (bicyclic) bond motifs is 1. The van der Waals surface area contributed by atoms with Crippen LogP contribution in [0.15, 0.2) is 18.2 Å². The van der Waals surface area contributed by atoms with Gasteiger partial charge in [-0.15, -0.1) is 0 Å². The van der Waals surface area contributed by atoms with Crippen molar-refractivity contribution in [2.24, 2.45) is 5.41 Å². The second-order valence-electron chi connectivity index (χ2n) is 6.11. The summed E-state index contributed by atoms with van der Waals surface area (Å²) in [6.45, 7) is 6.93. The molecule has 0 bridgehead atoms. The van der Waals surface area contributed by atoms with Crippen LogP contribution in [-0.2, 0) is 6.18 Å². The molecule has 0 aromatic heterocycles. The normalized spacial score (nSPS) is 19.6. The number of anilines is 1. The van der Waals surface area contributed by atoms with E-state index in [4.69, 9.17) is 0 Å². The van der Waals surface area contributed by atoms with Crippen molar-refractivity contribution in [1.82, 2.24) is 0 Å². The van der Waals surface area contributed by atoms with Crippen LogP contribution in [0.4, 0.5) is 18.9 Å². The van der Waals surface area contributed by atoms with Gasteiger partial charge in [0, 0.05) is 18.2 Å². The predicted octanol–water partition coefficient (Wildman–Crippen LogP) is 4.65. The first-order valence-corrected chi connectivity index (χ1v) is 6.12. The van der Waals surface area contributed by atoms with E-state index in [1.807, 2.05) is 0 Å². The first kappa shape index (κ1) is 13.2. The molecule has 100 valence electrons. The van der Waals surface area contributed by atoms with Gasteiger partial charge in [-0.05, 0) is 23.5 Å². The molecule has 1 aliphatic rings. The maximum atomic E-state index is 12.9. The molecule has 0 saturated carbocycles. The van der Waals surface area contributed by atoms with Crippen molar-refractivity contribution in [3.63, 3.8) is 0 Å². The lowest BCUT2D eigenvalue weighted by molar-refractivity contribution is -0.136. The fourth-order valence-corrected chi connectivity index (χ4v) is 2.60. The Morgan fingerprint density at radius 1 is 1.22 bits per heavy atom. The molecule has 1 atom stereocenters. The van der Waals surface area contributed by atoms with Crippen molar-refractivity contribution < 1.29 is 13.2 Å². The Morgan fingerprint density at radius 3 is 2.44 bits per heavy atom. The number of alkyl halides is 3. The number of para-hydroxylation sites is 1. The van der Waals surface area contributed by atoms with E-state index in [9.17, 15) is 13.2 Å². The third kappa shape index (κ3) is 2.62. The van der Waals surface area contributed by atoms with Gasteiger partial charge in [0.1, 0.15) is 0 Å². The summed E-state index contributed by atoms with van der Waals surface area (Å²) in [4.78, 5) is 0. The molecule has 1 aliphatic heterocycles. The van der Waals surface area contributed by atoms with E-state index in [1.165, 1.54) is 6.07 Å². The lowest BCUT2D eigenvalue weighted by atomic mass is 9.82. The number of halogens is 3. The molecule has 1 N–H and O–H groups in total. The zero-order valence-electron chi connectivity index (χ0n) is 10.9. The standard InChI is InChI=1S/C14H18F3N/c1-13(2,3)7-9-8-18-12-10(9)5-4-6-11(12)14(15,16)17/h4-6,9,18H,7-8H2,1-3H3. The van der Waals surface area contributed by atoms with Crippen LogP contribution < -0.4 is 5.32 Å². The van der Waals surface area contributed by atoms with Crippen LogP contribution in [0.2, 0.25) is 0 Å². The summed E-state index contributed by atoms with van der Waals surface area (Å²) in [5.41, 5.74) is 0.651. The Labute approximate surface area is 105 Å². The SMILES string of the molecule is CC(C)(C)CC1CNc2c1cccc2C(F)(F)F. The van der Waals surface area contributed by atoms with Crippen molar-refractivity contribution in [3.05, 3.63) is 29.3 Å². The molecule has 18 heavy (non-hydrogen) atoms. The Kier molecular flexibility index (Phi) is 3.07. The van der Waals surface area contributed by atoms with Crippen LogP contribution in [0.1, 0.15) is 44.2 Å². The highest BCUT2D eigenvalue weighted by Gasteiger charge is 2.37. The van der Waals surface area contributed by atoms with E-state index in [1.54, 1.807) is 6.07 Å². The molecular weight excluding hydrogens is 239 g/mol. The highest BCUT2D eigenvalue weighted by molar-refractivity contribution is 5.64. The third-order valence-corrected chi connectivity index (χ3v) is 3.23.